The molecule has 8 nitrogen and oxygen atoms in total. The van der Waals surface area contributed by atoms with E-state index in [0.717, 1.165) is 0 Å². The molecule has 5 aliphatic rings. The van der Waals surface area contributed by atoms with Gasteiger partial charge < -0.3 is 20.7 Å². The number of ether oxygens (including phenoxy) is 1. The van der Waals surface area contributed by atoms with Crippen LogP contribution in [0.4, 0.5) is 13.2 Å². The van der Waals surface area contributed by atoms with Crippen molar-refractivity contribution in [3.63, 3.8) is 0 Å². The first kappa shape index (κ1) is 31.4. The Bertz CT molecular complexity index is 1410. The molecule has 0 radical (unpaired) electrons. The molecule has 3 heterocycles. The summed E-state index contributed by atoms with van der Waals surface area (Å²) in [6.45, 7) is 0.469. The second kappa shape index (κ2) is 11.6. The summed E-state index contributed by atoms with van der Waals surface area (Å²) < 4.78 is 50.4. The largest absolute Gasteiger partial charge is 0.366 e. The molecule has 1 aromatic rings. The van der Waals surface area contributed by atoms with E-state index in [4.69, 9.17) is 27.9 Å². The predicted octanol–water partition coefficient (Wildman–Crippen LogP) is 3.59. The van der Waals surface area contributed by atoms with Crippen LogP contribution in [0.5, 0.6) is 0 Å². The fourth-order valence-corrected chi connectivity index (χ4v) is 8.87. The Hall–Kier alpha value is -2.60. The van der Waals surface area contributed by atoms with E-state index >= 15 is 4.39 Å². The van der Waals surface area contributed by atoms with Gasteiger partial charge in [0, 0.05) is 34.4 Å². The number of likely N-dealkylation sites (N-methyl/N-ethyl adjacent to an activating group) is 1. The van der Waals surface area contributed by atoms with Crippen LogP contribution in [0.2, 0.25) is 5.02 Å². The molecular weight excluding hydrogens is 620 g/mol. The maximum absolute atomic E-state index is 16.0. The highest BCUT2D eigenvalue weighted by Crippen LogP contribution is 2.70. The molecule has 7 atom stereocenters. The van der Waals surface area contributed by atoms with Gasteiger partial charge in [-0.15, -0.1) is 0 Å². The van der Waals surface area contributed by atoms with Crippen LogP contribution >= 0.6 is 23.2 Å². The molecule has 2 spiro atoms. The minimum absolute atomic E-state index is 0.0565. The van der Waals surface area contributed by atoms with Gasteiger partial charge in [-0.05, 0) is 56.4 Å². The molecule has 4 fully saturated rings. The second-order valence-electron chi connectivity index (χ2n) is 12.7. The van der Waals surface area contributed by atoms with Crippen LogP contribution in [0, 0.1) is 22.6 Å². The SMILES string of the molecule is CCNC(=O)[C@@H]1CC[C@@H](NC(=O)[C@@H]2NC3(CC(CF)(CF)C3)[C@@]3(C(=O)NC4C=C(Cl)C=CC43)[C@H]2c2cccc(Cl)c2F)CO1. The molecule has 44 heavy (non-hydrogen) atoms. The minimum atomic E-state index is -1.52. The van der Waals surface area contributed by atoms with Crippen LogP contribution in [0.3, 0.4) is 0 Å². The topological polar surface area (TPSA) is 109 Å². The molecule has 2 aliphatic carbocycles. The summed E-state index contributed by atoms with van der Waals surface area (Å²) in [6, 6.07) is 2.24. The molecule has 3 amide bonds. The number of rotatable bonds is 7. The molecule has 3 saturated heterocycles. The predicted molar refractivity (Wildman–Crippen MR) is 158 cm³/mol. The Morgan fingerprint density at radius 1 is 1.14 bits per heavy atom. The zero-order valence-electron chi connectivity index (χ0n) is 24.1. The average molecular weight is 656 g/mol. The van der Waals surface area contributed by atoms with Gasteiger partial charge in [-0.3, -0.25) is 28.5 Å². The number of alkyl halides is 2. The smallest absolute Gasteiger partial charge is 0.249 e. The molecule has 1 aromatic carbocycles. The van der Waals surface area contributed by atoms with Crippen LogP contribution in [-0.2, 0) is 19.1 Å². The quantitative estimate of drug-likeness (QED) is 0.360. The number of allylic oxidation sites excluding steroid dienone is 2. The monoisotopic (exact) mass is 654 g/mol. The molecule has 6 rings (SSSR count). The van der Waals surface area contributed by atoms with E-state index in [0.29, 0.717) is 24.4 Å². The molecule has 3 aliphatic heterocycles. The van der Waals surface area contributed by atoms with Gasteiger partial charge in [0.05, 0.1) is 48.5 Å². The number of halogens is 5. The van der Waals surface area contributed by atoms with Crippen LogP contribution in [0.15, 0.2) is 41.5 Å². The van der Waals surface area contributed by atoms with Crippen LogP contribution in [0.25, 0.3) is 0 Å². The van der Waals surface area contributed by atoms with Crippen molar-refractivity contribution in [1.82, 2.24) is 21.3 Å². The van der Waals surface area contributed by atoms with Crippen molar-refractivity contribution < 1.29 is 32.3 Å². The maximum atomic E-state index is 16.0. The van der Waals surface area contributed by atoms with E-state index < -0.39 is 83.4 Å². The first-order chi connectivity index (χ1) is 21.0. The molecule has 0 aromatic heterocycles. The van der Waals surface area contributed by atoms with Crippen molar-refractivity contribution in [3.8, 4) is 0 Å². The third-order valence-electron chi connectivity index (χ3n) is 10.2. The first-order valence-corrected chi connectivity index (χ1v) is 15.7. The highest BCUT2D eigenvalue weighted by atomic mass is 35.5. The van der Waals surface area contributed by atoms with Gasteiger partial charge in [0.15, 0.2) is 0 Å². The van der Waals surface area contributed by atoms with Crippen molar-refractivity contribution in [2.24, 2.45) is 16.7 Å². The standard InChI is InChI=1S/C31H35Cl2F3N4O4/c1-2-37-26(41)22-9-7-17(11-44-22)38-27(42)25-23(18-4-3-5-20(33)24(18)36)31(30(40-25)12-29(13-30,14-34)15-35)19-8-6-16(32)10-21(19)39-28(31)43/h3-6,8,10,17,19,21-23,25,40H,2,7,9,11-15H2,1H3,(H,37,41)(H,38,42)(H,39,43)/t17-,19?,21?,22+,23+,25-,31-/m1/s1. The second-order valence-corrected chi connectivity index (χ2v) is 13.6. The van der Waals surface area contributed by atoms with Gasteiger partial charge in [-0.2, -0.15) is 0 Å². The number of hydrogen-bond acceptors (Lipinski definition) is 5. The highest BCUT2D eigenvalue weighted by molar-refractivity contribution is 6.31. The van der Waals surface area contributed by atoms with Gasteiger partial charge in [0.2, 0.25) is 17.7 Å². The Kier molecular flexibility index (Phi) is 8.30. The lowest BCUT2D eigenvalue weighted by atomic mass is 9.44. The highest BCUT2D eigenvalue weighted by Gasteiger charge is 2.80. The lowest BCUT2D eigenvalue weighted by molar-refractivity contribution is -0.146. The molecular formula is C31H35Cl2F3N4O4. The van der Waals surface area contributed by atoms with E-state index in [1.807, 2.05) is 6.92 Å². The van der Waals surface area contributed by atoms with Crippen molar-refractivity contribution >= 4 is 40.9 Å². The number of carbonyl (C=O) groups excluding carboxylic acids is 3. The lowest BCUT2D eigenvalue weighted by Crippen LogP contribution is -2.70. The summed E-state index contributed by atoms with van der Waals surface area (Å²) in [5, 5.41) is 12.3. The normalized spacial score (nSPS) is 34.7. The third kappa shape index (κ3) is 4.68. The number of nitrogens with one attached hydrogen (secondary N) is 4. The van der Waals surface area contributed by atoms with Gasteiger partial charge in [-0.1, -0.05) is 41.4 Å². The van der Waals surface area contributed by atoms with Gasteiger partial charge in [-0.25, -0.2) is 4.39 Å². The summed E-state index contributed by atoms with van der Waals surface area (Å²) in [5.74, 6) is -3.68. The zero-order valence-corrected chi connectivity index (χ0v) is 25.6. The Labute approximate surface area is 263 Å². The van der Waals surface area contributed by atoms with E-state index in [-0.39, 0.29) is 35.9 Å². The molecule has 2 unspecified atom stereocenters. The summed E-state index contributed by atoms with van der Waals surface area (Å²) in [7, 11) is 0. The number of amides is 3. The van der Waals surface area contributed by atoms with E-state index in [2.05, 4.69) is 21.3 Å². The number of fused-ring (bicyclic) bond motifs is 3. The van der Waals surface area contributed by atoms with Gasteiger partial charge >= 0.3 is 0 Å². The molecule has 4 N–H and O–H groups in total. The van der Waals surface area contributed by atoms with E-state index in [1.165, 1.54) is 12.1 Å². The number of carbonyl (C=O) groups is 3. The third-order valence-corrected chi connectivity index (χ3v) is 10.8. The van der Waals surface area contributed by atoms with Crippen LogP contribution in [-0.4, -0.2) is 74.0 Å². The Morgan fingerprint density at radius 2 is 1.89 bits per heavy atom. The maximum Gasteiger partial charge on any atom is 0.249 e. The number of hydrogen-bond donors (Lipinski definition) is 4. The fraction of sp³-hybridized carbons (Fsp3) is 0.581. The average Bonchev–Trinajstić information content (AvgIpc) is 3.46. The van der Waals surface area contributed by atoms with E-state index in [9.17, 15) is 23.2 Å². The minimum Gasteiger partial charge on any atom is -0.366 e. The molecule has 238 valence electrons. The first-order valence-electron chi connectivity index (χ1n) is 14.9. The summed E-state index contributed by atoms with van der Waals surface area (Å²) in [4.78, 5) is 40.8. The summed E-state index contributed by atoms with van der Waals surface area (Å²) >= 11 is 12.5. The molecule has 0 bridgehead atoms. The van der Waals surface area contributed by atoms with Crippen molar-refractivity contribution in [3.05, 3.63) is 57.9 Å². The Morgan fingerprint density at radius 3 is 2.55 bits per heavy atom. The van der Waals surface area contributed by atoms with E-state index in [1.54, 1.807) is 24.3 Å². The van der Waals surface area contributed by atoms with Gasteiger partial charge in [0.1, 0.15) is 11.9 Å². The van der Waals surface area contributed by atoms with Crippen LogP contribution in [0.1, 0.15) is 44.1 Å². The van der Waals surface area contributed by atoms with Crippen LogP contribution < -0.4 is 21.3 Å². The Balaban J connectivity index is 1.41. The van der Waals surface area contributed by atoms with Crippen molar-refractivity contribution in [1.29, 1.82) is 0 Å². The summed E-state index contributed by atoms with van der Waals surface area (Å²) in [5.41, 5.74) is -4.04. The van der Waals surface area contributed by atoms with Crippen molar-refractivity contribution in [2.75, 3.05) is 26.5 Å². The fourth-order valence-electron chi connectivity index (χ4n) is 8.48. The number of benzene rings is 1. The lowest BCUT2D eigenvalue weighted by Gasteiger charge is -2.60. The zero-order chi connectivity index (χ0) is 31.4. The molecule has 13 heteroatoms. The van der Waals surface area contributed by atoms with Gasteiger partial charge in [0.25, 0.3) is 0 Å². The van der Waals surface area contributed by atoms with Crippen molar-refractivity contribution in [2.45, 2.75) is 68.3 Å². The summed E-state index contributed by atoms with van der Waals surface area (Å²) in [6.07, 6.45) is 5.17. The molecule has 1 saturated carbocycles.